The summed E-state index contributed by atoms with van der Waals surface area (Å²) in [5.74, 6) is -0.262. The van der Waals surface area contributed by atoms with E-state index < -0.39 is 0 Å². The average Bonchev–Trinajstić information content (AvgIpc) is 1.54. The molecular weight excluding hydrogens is 140 g/mol. The van der Waals surface area contributed by atoms with Crippen molar-refractivity contribution < 1.29 is 4.79 Å². The molecule has 0 saturated heterocycles. The SMILES string of the molecule is CN(C)C(C(N)=O)C(C)(C)C. The Morgan fingerprint density at radius 3 is 1.73 bits per heavy atom. The quantitative estimate of drug-likeness (QED) is 0.634. The van der Waals surface area contributed by atoms with Gasteiger partial charge in [0, 0.05) is 0 Å². The summed E-state index contributed by atoms with van der Waals surface area (Å²) in [6.45, 7) is 6.01. The molecule has 0 aliphatic carbocycles. The van der Waals surface area contributed by atoms with E-state index in [0.29, 0.717) is 0 Å². The van der Waals surface area contributed by atoms with Crippen LogP contribution in [-0.2, 0) is 4.79 Å². The van der Waals surface area contributed by atoms with Gasteiger partial charge in [0.05, 0.1) is 6.04 Å². The van der Waals surface area contributed by atoms with Gasteiger partial charge in [0.25, 0.3) is 0 Å². The first-order valence-electron chi connectivity index (χ1n) is 3.72. The molecule has 0 aliphatic rings. The van der Waals surface area contributed by atoms with Crippen LogP contribution < -0.4 is 5.73 Å². The first-order chi connectivity index (χ1) is 4.76. The summed E-state index contributed by atoms with van der Waals surface area (Å²) < 4.78 is 0. The van der Waals surface area contributed by atoms with Crippen LogP contribution in [0.15, 0.2) is 0 Å². The highest BCUT2D eigenvalue weighted by atomic mass is 16.1. The van der Waals surface area contributed by atoms with E-state index in [9.17, 15) is 4.79 Å². The summed E-state index contributed by atoms with van der Waals surface area (Å²) in [7, 11) is 3.72. The maximum Gasteiger partial charge on any atom is 0.235 e. The lowest BCUT2D eigenvalue weighted by Gasteiger charge is -2.33. The molecule has 0 aromatic rings. The lowest BCUT2D eigenvalue weighted by atomic mass is 9.85. The van der Waals surface area contributed by atoms with Crippen LogP contribution in [0.25, 0.3) is 0 Å². The van der Waals surface area contributed by atoms with E-state index in [1.165, 1.54) is 0 Å². The van der Waals surface area contributed by atoms with Gasteiger partial charge >= 0.3 is 0 Å². The summed E-state index contributed by atoms with van der Waals surface area (Å²) >= 11 is 0. The van der Waals surface area contributed by atoms with Gasteiger partial charge in [0.2, 0.25) is 5.91 Å². The van der Waals surface area contributed by atoms with Crippen molar-refractivity contribution in [3.63, 3.8) is 0 Å². The van der Waals surface area contributed by atoms with Crippen LogP contribution in [0.1, 0.15) is 20.8 Å². The van der Waals surface area contributed by atoms with Crippen molar-refractivity contribution in [1.82, 2.24) is 4.90 Å². The van der Waals surface area contributed by atoms with Crippen molar-refractivity contribution in [3.05, 3.63) is 0 Å². The van der Waals surface area contributed by atoms with Crippen LogP contribution in [0.3, 0.4) is 0 Å². The largest absolute Gasteiger partial charge is 0.368 e. The maximum absolute atomic E-state index is 11.0. The van der Waals surface area contributed by atoms with E-state index in [4.69, 9.17) is 5.73 Å². The molecule has 0 rings (SSSR count). The molecule has 11 heavy (non-hydrogen) atoms. The molecule has 0 radical (unpaired) electrons. The van der Waals surface area contributed by atoms with Gasteiger partial charge in [-0.15, -0.1) is 0 Å². The number of hydrogen-bond donors (Lipinski definition) is 1. The van der Waals surface area contributed by atoms with Crippen LogP contribution in [0, 0.1) is 5.41 Å². The van der Waals surface area contributed by atoms with Crippen molar-refractivity contribution in [2.45, 2.75) is 26.8 Å². The summed E-state index contributed by atoms with van der Waals surface area (Å²) in [6.07, 6.45) is 0. The summed E-state index contributed by atoms with van der Waals surface area (Å²) in [4.78, 5) is 12.8. The fraction of sp³-hybridized carbons (Fsp3) is 0.875. The Labute approximate surface area is 68.6 Å². The molecule has 0 aliphatic heterocycles. The third kappa shape index (κ3) is 2.89. The average molecular weight is 158 g/mol. The van der Waals surface area contributed by atoms with Gasteiger partial charge in [0.1, 0.15) is 0 Å². The minimum atomic E-state index is -0.262. The second-order valence-electron chi connectivity index (χ2n) is 4.13. The number of hydrogen-bond acceptors (Lipinski definition) is 2. The minimum Gasteiger partial charge on any atom is -0.368 e. The fourth-order valence-electron chi connectivity index (χ4n) is 1.46. The van der Waals surface area contributed by atoms with Gasteiger partial charge in [-0.25, -0.2) is 0 Å². The molecule has 0 saturated carbocycles. The topological polar surface area (TPSA) is 46.3 Å². The van der Waals surface area contributed by atoms with E-state index in [-0.39, 0.29) is 17.4 Å². The normalized spacial score (nSPS) is 15.1. The van der Waals surface area contributed by atoms with Gasteiger partial charge in [-0.2, -0.15) is 0 Å². The fourth-order valence-corrected chi connectivity index (χ4v) is 1.46. The van der Waals surface area contributed by atoms with Gasteiger partial charge in [-0.05, 0) is 19.5 Å². The lowest BCUT2D eigenvalue weighted by Crippen LogP contribution is -2.48. The summed E-state index contributed by atoms with van der Waals surface area (Å²) in [5.41, 5.74) is 5.16. The van der Waals surface area contributed by atoms with Crippen LogP contribution >= 0.6 is 0 Å². The van der Waals surface area contributed by atoms with E-state index in [0.717, 1.165) is 0 Å². The molecule has 0 bridgehead atoms. The van der Waals surface area contributed by atoms with Crippen molar-refractivity contribution in [2.75, 3.05) is 14.1 Å². The Hall–Kier alpha value is -0.570. The predicted octanol–water partition coefficient (Wildman–Crippen LogP) is 0.448. The molecule has 1 unspecified atom stereocenters. The molecule has 1 atom stereocenters. The Kier molecular flexibility index (Phi) is 3.05. The Bertz CT molecular complexity index is 147. The van der Waals surface area contributed by atoms with Gasteiger partial charge in [-0.3, -0.25) is 9.69 Å². The van der Waals surface area contributed by atoms with Crippen LogP contribution in [0.5, 0.6) is 0 Å². The van der Waals surface area contributed by atoms with E-state index in [1.807, 2.05) is 39.8 Å². The third-order valence-electron chi connectivity index (χ3n) is 1.61. The van der Waals surface area contributed by atoms with Crippen LogP contribution in [-0.4, -0.2) is 30.9 Å². The molecule has 0 fully saturated rings. The number of amides is 1. The number of nitrogens with two attached hydrogens (primary N) is 1. The van der Waals surface area contributed by atoms with Crippen molar-refractivity contribution in [2.24, 2.45) is 11.1 Å². The van der Waals surface area contributed by atoms with Crippen LogP contribution in [0.2, 0.25) is 0 Å². The third-order valence-corrected chi connectivity index (χ3v) is 1.61. The minimum absolute atomic E-state index is 0.0880. The number of rotatable bonds is 2. The Morgan fingerprint density at radius 2 is 1.73 bits per heavy atom. The van der Waals surface area contributed by atoms with Gasteiger partial charge < -0.3 is 5.73 Å². The smallest absolute Gasteiger partial charge is 0.235 e. The summed E-state index contributed by atoms with van der Waals surface area (Å²) in [5, 5.41) is 0. The lowest BCUT2D eigenvalue weighted by molar-refractivity contribution is -0.125. The zero-order chi connectivity index (χ0) is 9.23. The number of likely N-dealkylation sites (N-methyl/N-ethyl adjacent to an activating group) is 1. The zero-order valence-electron chi connectivity index (χ0n) is 8.01. The molecule has 0 aromatic heterocycles. The number of carbonyl (C=O) groups excluding carboxylic acids is 1. The Morgan fingerprint density at radius 1 is 1.36 bits per heavy atom. The highest BCUT2D eigenvalue weighted by molar-refractivity contribution is 5.80. The number of nitrogens with zero attached hydrogens (tertiary/aromatic N) is 1. The van der Waals surface area contributed by atoms with Gasteiger partial charge in [0.15, 0.2) is 0 Å². The van der Waals surface area contributed by atoms with E-state index in [1.54, 1.807) is 0 Å². The van der Waals surface area contributed by atoms with Crippen molar-refractivity contribution in [1.29, 1.82) is 0 Å². The Balaban J connectivity index is 4.49. The number of primary amides is 1. The van der Waals surface area contributed by atoms with Gasteiger partial charge in [-0.1, -0.05) is 20.8 Å². The second kappa shape index (κ2) is 3.22. The van der Waals surface area contributed by atoms with E-state index in [2.05, 4.69) is 0 Å². The van der Waals surface area contributed by atoms with Crippen molar-refractivity contribution in [3.8, 4) is 0 Å². The molecular formula is C8H18N2O. The molecule has 0 heterocycles. The molecule has 66 valence electrons. The van der Waals surface area contributed by atoms with E-state index >= 15 is 0 Å². The molecule has 3 nitrogen and oxygen atoms in total. The first kappa shape index (κ1) is 10.4. The van der Waals surface area contributed by atoms with Crippen LogP contribution in [0.4, 0.5) is 0 Å². The molecule has 2 N–H and O–H groups in total. The molecule has 0 aromatic carbocycles. The number of carbonyl (C=O) groups is 1. The predicted molar refractivity (Wildman–Crippen MR) is 46.1 cm³/mol. The standard InChI is InChI=1S/C8H18N2O/c1-8(2,3)6(7(9)11)10(4)5/h6H,1-5H3,(H2,9,11). The molecule has 1 amide bonds. The maximum atomic E-state index is 11.0. The second-order valence-corrected chi connectivity index (χ2v) is 4.13. The first-order valence-corrected chi connectivity index (χ1v) is 3.72. The monoisotopic (exact) mass is 158 g/mol. The zero-order valence-corrected chi connectivity index (χ0v) is 8.01. The molecule has 0 spiro atoms. The van der Waals surface area contributed by atoms with Crippen molar-refractivity contribution >= 4 is 5.91 Å². The summed E-state index contributed by atoms with van der Waals surface area (Å²) in [6, 6.07) is -0.192. The highest BCUT2D eigenvalue weighted by Crippen LogP contribution is 2.21. The molecule has 3 heteroatoms. The highest BCUT2D eigenvalue weighted by Gasteiger charge is 2.30.